The minimum Gasteiger partial charge on any atom is -0.329 e. The summed E-state index contributed by atoms with van der Waals surface area (Å²) in [6.45, 7) is 9.99. The van der Waals surface area contributed by atoms with E-state index in [9.17, 15) is 0 Å². The van der Waals surface area contributed by atoms with E-state index in [2.05, 4.69) is 25.7 Å². The van der Waals surface area contributed by atoms with Crippen LogP contribution in [0, 0.1) is 5.92 Å². The molecule has 2 atom stereocenters. The van der Waals surface area contributed by atoms with Crippen molar-refractivity contribution < 1.29 is 0 Å². The highest BCUT2D eigenvalue weighted by atomic mass is 15.2. The summed E-state index contributed by atoms with van der Waals surface area (Å²) in [6, 6.07) is 0. The largest absolute Gasteiger partial charge is 0.329 e. The van der Waals surface area contributed by atoms with Gasteiger partial charge in [-0.25, -0.2) is 0 Å². The molecule has 0 bridgehead atoms. The zero-order chi connectivity index (χ0) is 12.7. The molecule has 1 rings (SSSR count). The molecule has 2 nitrogen and oxygen atoms in total. The Morgan fingerprint density at radius 3 is 2.35 bits per heavy atom. The van der Waals surface area contributed by atoms with Crippen LogP contribution < -0.4 is 5.73 Å². The lowest BCUT2D eigenvalue weighted by Gasteiger charge is -2.42. The summed E-state index contributed by atoms with van der Waals surface area (Å²) in [7, 11) is 0. The van der Waals surface area contributed by atoms with Gasteiger partial charge in [0.05, 0.1) is 0 Å². The van der Waals surface area contributed by atoms with Crippen LogP contribution in [-0.2, 0) is 0 Å². The second-order valence-corrected chi connectivity index (χ2v) is 5.69. The minimum atomic E-state index is 0.311. The van der Waals surface area contributed by atoms with Crippen LogP contribution in [0.3, 0.4) is 0 Å². The summed E-state index contributed by atoms with van der Waals surface area (Å²) in [5.74, 6) is 0.962. The van der Waals surface area contributed by atoms with Crippen LogP contribution in [0.1, 0.15) is 65.7 Å². The van der Waals surface area contributed by atoms with Gasteiger partial charge in [-0.2, -0.15) is 0 Å². The fourth-order valence-corrected chi connectivity index (χ4v) is 3.70. The van der Waals surface area contributed by atoms with Crippen molar-refractivity contribution in [1.82, 2.24) is 4.90 Å². The smallest absolute Gasteiger partial charge is 0.0331 e. The molecule has 0 aromatic carbocycles. The van der Waals surface area contributed by atoms with E-state index >= 15 is 0 Å². The van der Waals surface area contributed by atoms with E-state index in [1.54, 1.807) is 0 Å². The molecule has 0 aliphatic heterocycles. The molecule has 1 saturated carbocycles. The third-order valence-corrected chi connectivity index (χ3v) is 4.78. The van der Waals surface area contributed by atoms with Crippen molar-refractivity contribution in [3.63, 3.8) is 0 Å². The second-order valence-electron chi connectivity index (χ2n) is 5.69. The summed E-state index contributed by atoms with van der Waals surface area (Å²) < 4.78 is 0. The molecule has 2 N–H and O–H groups in total. The molecule has 0 amide bonds. The summed E-state index contributed by atoms with van der Waals surface area (Å²) in [6.07, 6.45) is 9.57. The monoisotopic (exact) mass is 240 g/mol. The van der Waals surface area contributed by atoms with E-state index in [1.165, 1.54) is 44.9 Å². The van der Waals surface area contributed by atoms with Gasteiger partial charge in [0.15, 0.2) is 0 Å². The van der Waals surface area contributed by atoms with Gasteiger partial charge in [-0.05, 0) is 38.3 Å². The molecule has 0 saturated heterocycles. The van der Waals surface area contributed by atoms with Crippen LogP contribution in [0.25, 0.3) is 0 Å². The Kier molecular flexibility index (Phi) is 6.50. The maximum atomic E-state index is 6.14. The molecular formula is C15H32N2. The number of hydrogen-bond donors (Lipinski definition) is 1. The van der Waals surface area contributed by atoms with Gasteiger partial charge >= 0.3 is 0 Å². The highest BCUT2D eigenvalue weighted by molar-refractivity contribution is 4.93. The molecule has 1 aliphatic carbocycles. The Bertz CT molecular complexity index is 201. The molecule has 2 heteroatoms. The van der Waals surface area contributed by atoms with Crippen molar-refractivity contribution >= 4 is 0 Å². The van der Waals surface area contributed by atoms with Crippen molar-refractivity contribution in [1.29, 1.82) is 0 Å². The average Bonchev–Trinajstić information content (AvgIpc) is 2.55. The van der Waals surface area contributed by atoms with Gasteiger partial charge < -0.3 is 5.73 Å². The van der Waals surface area contributed by atoms with Gasteiger partial charge in [-0.15, -0.1) is 0 Å². The van der Waals surface area contributed by atoms with Crippen molar-refractivity contribution in [2.45, 2.75) is 71.3 Å². The van der Waals surface area contributed by atoms with E-state index in [4.69, 9.17) is 5.73 Å². The predicted molar refractivity (Wildman–Crippen MR) is 76.2 cm³/mol. The van der Waals surface area contributed by atoms with E-state index in [1.807, 2.05) is 0 Å². The van der Waals surface area contributed by atoms with E-state index in [-0.39, 0.29) is 0 Å². The van der Waals surface area contributed by atoms with Crippen molar-refractivity contribution in [2.75, 3.05) is 19.6 Å². The van der Waals surface area contributed by atoms with Crippen LogP contribution in [0.15, 0.2) is 0 Å². The first-order valence-corrected chi connectivity index (χ1v) is 7.67. The Balaban J connectivity index is 2.66. The predicted octanol–water partition coefficient (Wildman–Crippen LogP) is 3.41. The lowest BCUT2D eigenvalue weighted by atomic mass is 9.87. The lowest BCUT2D eigenvalue weighted by molar-refractivity contribution is 0.0883. The number of nitrogens with two attached hydrogens (primary N) is 1. The molecule has 0 heterocycles. The topological polar surface area (TPSA) is 29.3 Å². The highest BCUT2D eigenvalue weighted by Crippen LogP contribution is 2.35. The zero-order valence-electron chi connectivity index (χ0n) is 12.2. The van der Waals surface area contributed by atoms with E-state index in [0.29, 0.717) is 5.54 Å². The number of hydrogen-bond acceptors (Lipinski definition) is 2. The molecule has 0 aromatic rings. The minimum absolute atomic E-state index is 0.311. The first-order chi connectivity index (χ1) is 8.22. The summed E-state index contributed by atoms with van der Waals surface area (Å²) >= 11 is 0. The molecule has 0 spiro atoms. The van der Waals surface area contributed by atoms with Gasteiger partial charge in [-0.1, -0.05) is 46.5 Å². The molecule has 1 aliphatic rings. The Hall–Kier alpha value is -0.0800. The number of rotatable bonds is 6. The molecule has 2 unspecified atom stereocenters. The maximum absolute atomic E-state index is 6.14. The zero-order valence-corrected chi connectivity index (χ0v) is 12.2. The molecule has 0 radical (unpaired) electrons. The SMILES string of the molecule is CCCC1CCCC(CN)(N(CC)CC)CC1. The summed E-state index contributed by atoms with van der Waals surface area (Å²) in [5, 5.41) is 0. The van der Waals surface area contributed by atoms with Gasteiger partial charge in [0.1, 0.15) is 0 Å². The fourth-order valence-electron chi connectivity index (χ4n) is 3.70. The van der Waals surface area contributed by atoms with Crippen molar-refractivity contribution in [2.24, 2.45) is 11.7 Å². The standard InChI is InChI=1S/C15H32N2/c1-4-8-14-9-7-11-15(13-16,12-10-14)17(5-2)6-3/h14H,4-13,16H2,1-3H3. The van der Waals surface area contributed by atoms with Crippen molar-refractivity contribution in [3.8, 4) is 0 Å². The Labute approximate surface area is 108 Å². The normalized spacial score (nSPS) is 30.5. The molecule has 0 aromatic heterocycles. The van der Waals surface area contributed by atoms with Gasteiger partial charge in [0, 0.05) is 12.1 Å². The van der Waals surface area contributed by atoms with Crippen LogP contribution in [0.4, 0.5) is 0 Å². The second kappa shape index (κ2) is 7.38. The van der Waals surface area contributed by atoms with Crippen LogP contribution in [0.5, 0.6) is 0 Å². The van der Waals surface area contributed by atoms with E-state index < -0.39 is 0 Å². The summed E-state index contributed by atoms with van der Waals surface area (Å²) in [4.78, 5) is 2.61. The van der Waals surface area contributed by atoms with E-state index in [0.717, 1.165) is 25.6 Å². The number of likely N-dealkylation sites (N-methyl/N-ethyl adjacent to an activating group) is 1. The van der Waals surface area contributed by atoms with Crippen LogP contribution in [-0.4, -0.2) is 30.1 Å². The average molecular weight is 240 g/mol. The summed E-state index contributed by atoms with van der Waals surface area (Å²) in [5.41, 5.74) is 6.45. The van der Waals surface area contributed by atoms with Gasteiger partial charge in [0.25, 0.3) is 0 Å². The fraction of sp³-hybridized carbons (Fsp3) is 1.00. The molecular weight excluding hydrogens is 208 g/mol. The van der Waals surface area contributed by atoms with Crippen molar-refractivity contribution in [3.05, 3.63) is 0 Å². The first kappa shape index (κ1) is 15.0. The third-order valence-electron chi connectivity index (χ3n) is 4.78. The molecule has 17 heavy (non-hydrogen) atoms. The highest BCUT2D eigenvalue weighted by Gasteiger charge is 2.35. The Morgan fingerprint density at radius 2 is 1.82 bits per heavy atom. The number of nitrogens with zero attached hydrogens (tertiary/aromatic N) is 1. The Morgan fingerprint density at radius 1 is 1.12 bits per heavy atom. The van der Waals surface area contributed by atoms with Crippen LogP contribution >= 0.6 is 0 Å². The van der Waals surface area contributed by atoms with Gasteiger partial charge in [0.2, 0.25) is 0 Å². The maximum Gasteiger partial charge on any atom is 0.0331 e. The quantitative estimate of drug-likeness (QED) is 0.721. The first-order valence-electron chi connectivity index (χ1n) is 7.67. The van der Waals surface area contributed by atoms with Gasteiger partial charge in [-0.3, -0.25) is 4.90 Å². The third kappa shape index (κ3) is 3.69. The lowest BCUT2D eigenvalue weighted by Crippen LogP contribution is -2.53. The molecule has 102 valence electrons. The van der Waals surface area contributed by atoms with Crippen LogP contribution in [0.2, 0.25) is 0 Å². The molecule has 1 fully saturated rings.